The van der Waals surface area contributed by atoms with E-state index in [9.17, 15) is 14.0 Å². The van der Waals surface area contributed by atoms with E-state index in [0.717, 1.165) is 6.08 Å². The maximum Gasteiger partial charge on any atom is 0.331 e. The van der Waals surface area contributed by atoms with Crippen LogP contribution in [0.25, 0.3) is 6.08 Å². The molecule has 0 bridgehead atoms. The van der Waals surface area contributed by atoms with Gasteiger partial charge in [-0.3, -0.25) is 4.79 Å². The van der Waals surface area contributed by atoms with E-state index in [1.165, 1.54) is 12.1 Å². The van der Waals surface area contributed by atoms with Crippen LogP contribution in [0.1, 0.15) is 19.4 Å². The zero-order valence-electron chi connectivity index (χ0n) is 13.5. The van der Waals surface area contributed by atoms with Crippen molar-refractivity contribution in [3.63, 3.8) is 0 Å². The Morgan fingerprint density at radius 2 is 2.04 bits per heavy atom. The molecule has 1 fully saturated rings. The van der Waals surface area contributed by atoms with Crippen molar-refractivity contribution in [1.82, 2.24) is 4.90 Å². The predicted molar refractivity (Wildman–Crippen MR) is 90.7 cm³/mol. The van der Waals surface area contributed by atoms with Gasteiger partial charge in [0.25, 0.3) is 5.91 Å². The molecule has 24 heavy (non-hydrogen) atoms. The molecule has 1 aromatic rings. The van der Waals surface area contributed by atoms with Crippen LogP contribution >= 0.6 is 15.9 Å². The fourth-order valence-corrected chi connectivity index (χ4v) is 2.83. The normalized spacial score (nSPS) is 21.1. The minimum absolute atomic E-state index is 0.0483. The summed E-state index contributed by atoms with van der Waals surface area (Å²) < 4.78 is 24.7. The number of nitrogens with zero attached hydrogens (tertiary/aromatic N) is 1. The summed E-state index contributed by atoms with van der Waals surface area (Å²) in [5, 5.41) is 0. The first-order chi connectivity index (χ1) is 11.3. The van der Waals surface area contributed by atoms with Crippen LogP contribution in [-0.2, 0) is 19.1 Å². The average Bonchev–Trinajstić information content (AvgIpc) is 2.52. The zero-order chi connectivity index (χ0) is 17.7. The number of benzene rings is 1. The van der Waals surface area contributed by atoms with Gasteiger partial charge >= 0.3 is 5.97 Å². The van der Waals surface area contributed by atoms with Crippen LogP contribution in [0.15, 0.2) is 28.7 Å². The summed E-state index contributed by atoms with van der Waals surface area (Å²) in [6, 6.07) is 4.40. The van der Waals surface area contributed by atoms with Gasteiger partial charge in [-0.2, -0.15) is 0 Å². The van der Waals surface area contributed by atoms with Crippen LogP contribution in [0.2, 0.25) is 0 Å². The maximum absolute atomic E-state index is 13.6. The third kappa shape index (κ3) is 5.42. The Hall–Kier alpha value is -1.73. The summed E-state index contributed by atoms with van der Waals surface area (Å²) in [5.74, 6) is -1.42. The number of esters is 1. The highest BCUT2D eigenvalue weighted by molar-refractivity contribution is 9.10. The zero-order valence-corrected chi connectivity index (χ0v) is 15.1. The summed E-state index contributed by atoms with van der Waals surface area (Å²) in [6.07, 6.45) is 2.31. The number of morpholine rings is 1. The van der Waals surface area contributed by atoms with Crippen molar-refractivity contribution in [2.75, 3.05) is 19.7 Å². The second-order valence-corrected chi connectivity index (χ2v) is 6.58. The molecule has 0 saturated carbocycles. The molecule has 1 heterocycles. The predicted octanol–water partition coefficient (Wildman–Crippen LogP) is 2.78. The Morgan fingerprint density at radius 3 is 2.71 bits per heavy atom. The quantitative estimate of drug-likeness (QED) is 0.576. The highest BCUT2D eigenvalue weighted by Crippen LogP contribution is 2.16. The molecule has 0 spiro atoms. The second-order valence-electron chi connectivity index (χ2n) is 5.66. The van der Waals surface area contributed by atoms with Crippen LogP contribution in [-0.4, -0.2) is 48.7 Å². The fraction of sp³-hybridized carbons (Fsp3) is 0.412. The molecule has 1 aliphatic heterocycles. The van der Waals surface area contributed by atoms with E-state index in [2.05, 4.69) is 15.9 Å². The van der Waals surface area contributed by atoms with Crippen molar-refractivity contribution < 1.29 is 23.5 Å². The van der Waals surface area contributed by atoms with E-state index in [-0.39, 0.29) is 30.3 Å². The highest BCUT2D eigenvalue weighted by atomic mass is 79.9. The second kappa shape index (κ2) is 8.39. The molecule has 1 aromatic carbocycles. The summed E-state index contributed by atoms with van der Waals surface area (Å²) in [7, 11) is 0. The van der Waals surface area contributed by atoms with Gasteiger partial charge in [0.1, 0.15) is 5.82 Å². The molecule has 1 saturated heterocycles. The first kappa shape index (κ1) is 18.6. The average molecular weight is 400 g/mol. The molecule has 2 atom stereocenters. The number of amides is 1. The molecule has 7 heteroatoms. The number of carbonyl (C=O) groups excluding carboxylic acids is 2. The molecule has 0 aromatic heterocycles. The van der Waals surface area contributed by atoms with Gasteiger partial charge in [0.15, 0.2) is 6.61 Å². The smallest absolute Gasteiger partial charge is 0.331 e. The van der Waals surface area contributed by atoms with Crippen molar-refractivity contribution in [2.45, 2.75) is 26.1 Å². The van der Waals surface area contributed by atoms with Gasteiger partial charge in [0.2, 0.25) is 0 Å². The van der Waals surface area contributed by atoms with E-state index >= 15 is 0 Å². The number of hydrogen-bond acceptors (Lipinski definition) is 4. The largest absolute Gasteiger partial charge is 0.452 e. The lowest BCUT2D eigenvalue weighted by Gasteiger charge is -2.35. The lowest BCUT2D eigenvalue weighted by Crippen LogP contribution is -2.49. The van der Waals surface area contributed by atoms with E-state index in [1.807, 2.05) is 13.8 Å². The Bertz CT molecular complexity index is 639. The van der Waals surface area contributed by atoms with Crippen LogP contribution in [0, 0.1) is 5.82 Å². The molecule has 0 N–H and O–H groups in total. The van der Waals surface area contributed by atoms with Crippen LogP contribution in [0.5, 0.6) is 0 Å². The number of hydrogen-bond donors (Lipinski definition) is 0. The molecular weight excluding hydrogens is 381 g/mol. The Balaban J connectivity index is 1.85. The van der Waals surface area contributed by atoms with E-state index in [1.54, 1.807) is 17.0 Å². The molecule has 0 unspecified atom stereocenters. The third-order valence-corrected chi connectivity index (χ3v) is 3.96. The lowest BCUT2D eigenvalue weighted by atomic mass is 10.2. The fourth-order valence-electron chi connectivity index (χ4n) is 2.45. The molecule has 1 aliphatic rings. The van der Waals surface area contributed by atoms with E-state index < -0.39 is 11.8 Å². The Morgan fingerprint density at radius 1 is 1.38 bits per heavy atom. The van der Waals surface area contributed by atoms with Gasteiger partial charge in [0.05, 0.1) is 12.2 Å². The minimum atomic E-state index is -0.697. The van der Waals surface area contributed by atoms with Crippen molar-refractivity contribution in [3.8, 4) is 0 Å². The Kier molecular flexibility index (Phi) is 6.51. The van der Waals surface area contributed by atoms with Crippen LogP contribution in [0.3, 0.4) is 0 Å². The summed E-state index contributed by atoms with van der Waals surface area (Å²) in [6.45, 7) is 4.37. The topological polar surface area (TPSA) is 55.8 Å². The summed E-state index contributed by atoms with van der Waals surface area (Å²) in [5.41, 5.74) is 0.253. The molecule has 130 valence electrons. The van der Waals surface area contributed by atoms with Gasteiger partial charge in [-0.15, -0.1) is 0 Å². The molecule has 0 radical (unpaired) electrons. The van der Waals surface area contributed by atoms with Gasteiger partial charge in [0, 0.05) is 29.2 Å². The van der Waals surface area contributed by atoms with Gasteiger partial charge in [-0.25, -0.2) is 9.18 Å². The standard InChI is InChI=1S/C17H19BrFNO4/c1-11-8-20(9-12(2)24-11)16(21)10-23-17(22)6-3-13-7-14(18)4-5-15(13)19/h3-7,11-12H,8-10H2,1-2H3/b6-3+/t11-,12+. The number of ether oxygens (including phenoxy) is 2. The molecule has 1 amide bonds. The van der Waals surface area contributed by atoms with Crippen molar-refractivity contribution in [2.24, 2.45) is 0 Å². The van der Waals surface area contributed by atoms with Crippen molar-refractivity contribution in [1.29, 1.82) is 0 Å². The number of halogens is 2. The number of rotatable bonds is 4. The molecule has 2 rings (SSSR count). The summed E-state index contributed by atoms with van der Waals surface area (Å²) >= 11 is 3.23. The number of carbonyl (C=O) groups is 2. The first-order valence-corrected chi connectivity index (χ1v) is 8.37. The maximum atomic E-state index is 13.6. The van der Waals surface area contributed by atoms with Gasteiger partial charge in [-0.1, -0.05) is 15.9 Å². The van der Waals surface area contributed by atoms with Crippen molar-refractivity contribution >= 4 is 33.9 Å². The highest BCUT2D eigenvalue weighted by Gasteiger charge is 2.26. The van der Waals surface area contributed by atoms with Gasteiger partial charge in [-0.05, 0) is 38.1 Å². The minimum Gasteiger partial charge on any atom is -0.452 e. The molecule has 5 nitrogen and oxygen atoms in total. The summed E-state index contributed by atoms with van der Waals surface area (Å²) in [4.78, 5) is 25.4. The van der Waals surface area contributed by atoms with Gasteiger partial charge < -0.3 is 14.4 Å². The van der Waals surface area contributed by atoms with E-state index in [0.29, 0.717) is 17.6 Å². The first-order valence-electron chi connectivity index (χ1n) is 7.58. The molecular formula is C17H19BrFNO4. The third-order valence-electron chi connectivity index (χ3n) is 3.47. The lowest BCUT2D eigenvalue weighted by molar-refractivity contribution is -0.154. The SMILES string of the molecule is C[C@@H]1CN(C(=O)COC(=O)/C=C/c2cc(Br)ccc2F)C[C@H](C)O1. The molecule has 0 aliphatic carbocycles. The monoisotopic (exact) mass is 399 g/mol. The Labute approximate surface area is 148 Å². The van der Waals surface area contributed by atoms with Crippen molar-refractivity contribution in [3.05, 3.63) is 40.1 Å². The van der Waals surface area contributed by atoms with Crippen LogP contribution in [0.4, 0.5) is 4.39 Å². The van der Waals surface area contributed by atoms with Crippen LogP contribution < -0.4 is 0 Å². The van der Waals surface area contributed by atoms with E-state index in [4.69, 9.17) is 9.47 Å².